The number of hydrogen-bond acceptors (Lipinski definition) is 3. The maximum absolute atomic E-state index is 12.2. The van der Waals surface area contributed by atoms with Crippen molar-refractivity contribution in [3.8, 4) is 0 Å². The Morgan fingerprint density at radius 2 is 1.92 bits per heavy atom. The summed E-state index contributed by atoms with van der Waals surface area (Å²) in [6.45, 7) is 5.67. The maximum Gasteiger partial charge on any atom is 0.224 e. The van der Waals surface area contributed by atoms with E-state index in [1.807, 2.05) is 46.9 Å². The van der Waals surface area contributed by atoms with E-state index in [-0.39, 0.29) is 5.91 Å². The van der Waals surface area contributed by atoms with Crippen molar-refractivity contribution in [2.24, 2.45) is 0 Å². The Bertz CT molecular complexity index is 850. The Morgan fingerprint density at radius 3 is 2.65 bits per heavy atom. The first-order valence-electron chi connectivity index (χ1n) is 9.03. The number of carbonyl (C=O) groups is 1. The van der Waals surface area contributed by atoms with E-state index in [0.29, 0.717) is 12.8 Å². The number of rotatable bonds is 8. The molecule has 1 aromatic carbocycles. The number of nitrogens with one attached hydrogen (secondary N) is 1. The second-order valence-electron chi connectivity index (χ2n) is 6.37. The summed E-state index contributed by atoms with van der Waals surface area (Å²) < 4.78 is 3.76. The van der Waals surface area contributed by atoms with Crippen molar-refractivity contribution in [2.45, 2.75) is 46.2 Å². The second kappa shape index (κ2) is 8.47. The van der Waals surface area contributed by atoms with Gasteiger partial charge in [0, 0.05) is 31.9 Å². The van der Waals surface area contributed by atoms with Gasteiger partial charge in [-0.1, -0.05) is 30.3 Å². The van der Waals surface area contributed by atoms with Crippen LogP contribution in [0.5, 0.6) is 0 Å². The fourth-order valence-electron chi connectivity index (χ4n) is 2.88. The van der Waals surface area contributed by atoms with Crippen molar-refractivity contribution in [1.29, 1.82) is 0 Å². The molecular formula is C20H25N5O. The zero-order valence-electron chi connectivity index (χ0n) is 15.4. The van der Waals surface area contributed by atoms with Crippen molar-refractivity contribution in [2.75, 3.05) is 5.32 Å². The number of amides is 1. The van der Waals surface area contributed by atoms with Crippen LogP contribution in [0.4, 0.5) is 5.69 Å². The molecule has 0 radical (unpaired) electrons. The first-order valence-corrected chi connectivity index (χ1v) is 9.03. The molecule has 0 atom stereocenters. The molecule has 1 N–H and O–H groups in total. The van der Waals surface area contributed by atoms with Gasteiger partial charge in [-0.25, -0.2) is 0 Å². The number of aryl methyl sites for hydroxylation is 5. The van der Waals surface area contributed by atoms with E-state index < -0.39 is 0 Å². The van der Waals surface area contributed by atoms with Crippen molar-refractivity contribution in [1.82, 2.24) is 19.6 Å². The van der Waals surface area contributed by atoms with E-state index in [0.717, 1.165) is 36.5 Å². The van der Waals surface area contributed by atoms with Gasteiger partial charge >= 0.3 is 0 Å². The number of carbonyl (C=O) groups excluding carboxylic acids is 1. The molecule has 0 aliphatic rings. The first kappa shape index (κ1) is 17.9. The fourth-order valence-corrected chi connectivity index (χ4v) is 2.88. The topological polar surface area (TPSA) is 64.7 Å². The lowest BCUT2D eigenvalue weighted by Gasteiger charge is -2.03. The standard InChI is InChI=1S/C20H25N5O/c1-3-24-14-18(16(2)23-24)9-10-20(26)22-19-13-21-25(15-19)12-11-17-7-5-4-6-8-17/h4-8,13-15H,3,9-12H2,1-2H3,(H,22,26). The molecule has 26 heavy (non-hydrogen) atoms. The van der Waals surface area contributed by atoms with Gasteiger partial charge in [-0.15, -0.1) is 0 Å². The molecule has 3 rings (SSSR count). The van der Waals surface area contributed by atoms with Crippen molar-refractivity contribution < 1.29 is 4.79 Å². The van der Waals surface area contributed by atoms with Crippen molar-refractivity contribution in [3.05, 3.63) is 65.7 Å². The molecule has 6 nitrogen and oxygen atoms in total. The van der Waals surface area contributed by atoms with Crippen LogP contribution in [0.2, 0.25) is 0 Å². The Kier molecular flexibility index (Phi) is 5.84. The zero-order valence-corrected chi connectivity index (χ0v) is 15.4. The molecule has 0 spiro atoms. The lowest BCUT2D eigenvalue weighted by molar-refractivity contribution is -0.116. The van der Waals surface area contributed by atoms with Gasteiger partial charge in [0.15, 0.2) is 0 Å². The number of hydrogen-bond donors (Lipinski definition) is 1. The van der Waals surface area contributed by atoms with Crippen LogP contribution >= 0.6 is 0 Å². The van der Waals surface area contributed by atoms with Crippen LogP contribution in [-0.2, 0) is 30.7 Å². The van der Waals surface area contributed by atoms with E-state index in [1.165, 1.54) is 5.56 Å². The summed E-state index contributed by atoms with van der Waals surface area (Å²) in [6.07, 6.45) is 7.64. The summed E-state index contributed by atoms with van der Waals surface area (Å²) in [5.41, 5.74) is 4.13. The van der Waals surface area contributed by atoms with Crippen molar-refractivity contribution in [3.63, 3.8) is 0 Å². The normalized spacial score (nSPS) is 10.8. The van der Waals surface area contributed by atoms with Gasteiger partial charge in [-0.3, -0.25) is 14.2 Å². The molecule has 0 bridgehead atoms. The quantitative estimate of drug-likeness (QED) is 0.678. The minimum atomic E-state index is -0.00346. The molecule has 0 saturated carbocycles. The Morgan fingerprint density at radius 1 is 1.12 bits per heavy atom. The average molecular weight is 351 g/mol. The Labute approximate surface area is 153 Å². The van der Waals surface area contributed by atoms with Crippen molar-refractivity contribution >= 4 is 11.6 Å². The molecule has 1 amide bonds. The van der Waals surface area contributed by atoms with Crippen LogP contribution in [-0.4, -0.2) is 25.5 Å². The molecule has 136 valence electrons. The SMILES string of the molecule is CCn1cc(CCC(=O)Nc2cnn(CCc3ccccc3)c2)c(C)n1. The van der Waals surface area contributed by atoms with Gasteiger partial charge in [-0.2, -0.15) is 10.2 Å². The minimum absolute atomic E-state index is 0.00346. The van der Waals surface area contributed by atoms with Crippen LogP contribution < -0.4 is 5.32 Å². The monoisotopic (exact) mass is 351 g/mol. The van der Waals surface area contributed by atoms with E-state index in [4.69, 9.17) is 0 Å². The van der Waals surface area contributed by atoms with E-state index in [2.05, 4.69) is 34.6 Å². The first-order chi connectivity index (χ1) is 12.6. The molecule has 0 saturated heterocycles. The number of anilines is 1. The van der Waals surface area contributed by atoms with Gasteiger partial charge in [0.05, 0.1) is 17.6 Å². The number of benzene rings is 1. The highest BCUT2D eigenvalue weighted by Crippen LogP contribution is 2.11. The summed E-state index contributed by atoms with van der Waals surface area (Å²) in [5.74, 6) is -0.00346. The molecule has 0 fully saturated rings. The summed E-state index contributed by atoms with van der Waals surface area (Å²) in [7, 11) is 0. The molecule has 0 unspecified atom stereocenters. The zero-order chi connectivity index (χ0) is 18.4. The van der Waals surface area contributed by atoms with Crippen LogP contribution in [0, 0.1) is 6.92 Å². The molecule has 2 aromatic heterocycles. The van der Waals surface area contributed by atoms with E-state index in [1.54, 1.807) is 6.20 Å². The van der Waals surface area contributed by atoms with E-state index in [9.17, 15) is 4.79 Å². The Hall–Kier alpha value is -2.89. The van der Waals surface area contributed by atoms with Gasteiger partial charge < -0.3 is 5.32 Å². The molecule has 6 heteroatoms. The largest absolute Gasteiger partial charge is 0.323 e. The maximum atomic E-state index is 12.2. The predicted octanol–water partition coefficient (Wildman–Crippen LogP) is 3.22. The van der Waals surface area contributed by atoms with Gasteiger partial charge in [0.1, 0.15) is 0 Å². The van der Waals surface area contributed by atoms with Crippen LogP contribution in [0.1, 0.15) is 30.2 Å². The summed E-state index contributed by atoms with van der Waals surface area (Å²) in [4.78, 5) is 12.2. The fraction of sp³-hybridized carbons (Fsp3) is 0.350. The van der Waals surface area contributed by atoms with Gasteiger partial charge in [0.25, 0.3) is 0 Å². The lowest BCUT2D eigenvalue weighted by atomic mass is 10.1. The highest BCUT2D eigenvalue weighted by atomic mass is 16.1. The van der Waals surface area contributed by atoms with E-state index >= 15 is 0 Å². The summed E-state index contributed by atoms with van der Waals surface area (Å²) in [5, 5.41) is 11.7. The Balaban J connectivity index is 1.47. The van der Waals surface area contributed by atoms with Crippen LogP contribution in [0.15, 0.2) is 48.9 Å². The third-order valence-electron chi connectivity index (χ3n) is 4.38. The third-order valence-corrected chi connectivity index (χ3v) is 4.38. The lowest BCUT2D eigenvalue weighted by Crippen LogP contribution is -2.12. The second-order valence-corrected chi connectivity index (χ2v) is 6.37. The number of aromatic nitrogens is 4. The molecular weight excluding hydrogens is 326 g/mol. The minimum Gasteiger partial charge on any atom is -0.323 e. The van der Waals surface area contributed by atoms with Gasteiger partial charge in [0.2, 0.25) is 5.91 Å². The van der Waals surface area contributed by atoms with Gasteiger partial charge in [-0.05, 0) is 37.8 Å². The third kappa shape index (κ3) is 4.81. The van der Waals surface area contributed by atoms with Crippen LogP contribution in [0.3, 0.4) is 0 Å². The summed E-state index contributed by atoms with van der Waals surface area (Å²) in [6, 6.07) is 10.3. The highest BCUT2D eigenvalue weighted by molar-refractivity contribution is 5.90. The summed E-state index contributed by atoms with van der Waals surface area (Å²) >= 11 is 0. The highest BCUT2D eigenvalue weighted by Gasteiger charge is 2.09. The smallest absolute Gasteiger partial charge is 0.224 e. The molecule has 3 aromatic rings. The average Bonchev–Trinajstić information content (AvgIpc) is 3.25. The number of nitrogens with zero attached hydrogens (tertiary/aromatic N) is 4. The molecule has 2 heterocycles. The molecule has 0 aliphatic carbocycles. The predicted molar refractivity (Wildman–Crippen MR) is 102 cm³/mol. The van der Waals surface area contributed by atoms with Crippen LogP contribution in [0.25, 0.3) is 0 Å². The molecule has 0 aliphatic heterocycles.